The first-order valence-electron chi connectivity index (χ1n) is 9.42. The summed E-state index contributed by atoms with van der Waals surface area (Å²) in [4.78, 5) is 25.7. The van der Waals surface area contributed by atoms with Crippen LogP contribution in [-0.2, 0) is 11.3 Å². The number of aromatic nitrogens is 4. The number of nitrogens with zero attached hydrogens (tertiary/aromatic N) is 4. The topological polar surface area (TPSA) is 81.8 Å². The molecule has 0 saturated heterocycles. The van der Waals surface area contributed by atoms with E-state index in [1.54, 1.807) is 42.1 Å². The molecule has 0 fully saturated rings. The van der Waals surface area contributed by atoms with Gasteiger partial charge in [-0.25, -0.2) is 9.36 Å². The minimum absolute atomic E-state index is 0.222. The van der Waals surface area contributed by atoms with Crippen LogP contribution < -0.4 is 10.9 Å². The molecule has 0 atom stereocenters. The molecule has 8 heteroatoms. The van der Waals surface area contributed by atoms with Crippen molar-refractivity contribution >= 4 is 34.1 Å². The van der Waals surface area contributed by atoms with Crippen molar-refractivity contribution in [3.8, 4) is 5.69 Å². The molecule has 4 aromatic rings. The van der Waals surface area contributed by atoms with Crippen molar-refractivity contribution in [2.75, 3.05) is 5.32 Å². The van der Waals surface area contributed by atoms with E-state index >= 15 is 0 Å². The van der Waals surface area contributed by atoms with Crippen LogP contribution in [0.1, 0.15) is 16.8 Å². The predicted octanol–water partition coefficient (Wildman–Crippen LogP) is 3.80. The van der Waals surface area contributed by atoms with Crippen LogP contribution in [0.2, 0.25) is 5.02 Å². The van der Waals surface area contributed by atoms with Crippen molar-refractivity contribution in [3.63, 3.8) is 0 Å². The van der Waals surface area contributed by atoms with E-state index in [1.807, 2.05) is 32.0 Å². The SMILES string of the molecule is Cc1ccc(-n2ncc3c(C)nn(CC(=O)Nc4cccc(Cl)c4)c(=O)c32)cc1C. The summed E-state index contributed by atoms with van der Waals surface area (Å²) in [7, 11) is 0. The van der Waals surface area contributed by atoms with E-state index in [0.717, 1.165) is 21.5 Å². The summed E-state index contributed by atoms with van der Waals surface area (Å²) in [6.07, 6.45) is 1.63. The largest absolute Gasteiger partial charge is 0.324 e. The van der Waals surface area contributed by atoms with E-state index in [0.29, 0.717) is 27.3 Å². The van der Waals surface area contributed by atoms with Crippen molar-refractivity contribution < 1.29 is 4.79 Å². The minimum atomic E-state index is -0.382. The van der Waals surface area contributed by atoms with Gasteiger partial charge in [-0.3, -0.25) is 9.59 Å². The standard InChI is InChI=1S/C22H20ClN5O2/c1-13-7-8-18(9-14(13)2)28-21-19(11-24-28)15(3)26-27(22(21)30)12-20(29)25-17-6-4-5-16(23)10-17/h4-11H,12H2,1-3H3,(H,25,29). The van der Waals surface area contributed by atoms with Gasteiger partial charge in [0.1, 0.15) is 12.1 Å². The Hall–Kier alpha value is -3.45. The zero-order valence-electron chi connectivity index (χ0n) is 16.8. The number of anilines is 1. The lowest BCUT2D eigenvalue weighted by Gasteiger charge is -2.10. The molecule has 0 aliphatic heterocycles. The average Bonchev–Trinajstić information content (AvgIpc) is 3.14. The molecular weight excluding hydrogens is 402 g/mol. The first-order chi connectivity index (χ1) is 14.3. The number of hydrogen-bond donors (Lipinski definition) is 1. The Morgan fingerprint density at radius 2 is 1.90 bits per heavy atom. The van der Waals surface area contributed by atoms with Crippen molar-refractivity contribution in [1.82, 2.24) is 19.6 Å². The van der Waals surface area contributed by atoms with Gasteiger partial charge in [-0.15, -0.1) is 0 Å². The molecule has 152 valence electrons. The van der Waals surface area contributed by atoms with Gasteiger partial charge in [-0.05, 0) is 62.2 Å². The molecule has 2 heterocycles. The highest BCUT2D eigenvalue weighted by Crippen LogP contribution is 2.19. The highest BCUT2D eigenvalue weighted by Gasteiger charge is 2.17. The van der Waals surface area contributed by atoms with Gasteiger partial charge in [0.05, 0.1) is 17.6 Å². The fourth-order valence-corrected chi connectivity index (χ4v) is 3.47. The number of amides is 1. The Labute approximate surface area is 177 Å². The summed E-state index contributed by atoms with van der Waals surface area (Å²) < 4.78 is 2.76. The fourth-order valence-electron chi connectivity index (χ4n) is 3.28. The molecule has 0 aliphatic rings. The molecule has 0 bridgehead atoms. The van der Waals surface area contributed by atoms with E-state index in [9.17, 15) is 9.59 Å². The molecule has 0 unspecified atom stereocenters. The number of aryl methyl sites for hydroxylation is 3. The summed E-state index contributed by atoms with van der Waals surface area (Å²) in [5, 5.41) is 12.6. The number of rotatable bonds is 4. The van der Waals surface area contributed by atoms with Gasteiger partial charge >= 0.3 is 0 Å². The number of hydrogen-bond acceptors (Lipinski definition) is 4. The molecule has 0 radical (unpaired) electrons. The van der Waals surface area contributed by atoms with Crippen molar-refractivity contribution in [2.45, 2.75) is 27.3 Å². The van der Waals surface area contributed by atoms with Crippen molar-refractivity contribution in [3.05, 3.63) is 80.9 Å². The maximum Gasteiger partial charge on any atom is 0.293 e. The lowest BCUT2D eigenvalue weighted by atomic mass is 10.1. The van der Waals surface area contributed by atoms with Crippen LogP contribution >= 0.6 is 11.6 Å². The zero-order chi connectivity index (χ0) is 21.4. The highest BCUT2D eigenvalue weighted by molar-refractivity contribution is 6.30. The van der Waals surface area contributed by atoms with Gasteiger partial charge in [0, 0.05) is 16.1 Å². The molecule has 4 rings (SSSR count). The molecule has 2 aromatic heterocycles. The fraction of sp³-hybridized carbons (Fsp3) is 0.182. The molecule has 7 nitrogen and oxygen atoms in total. The van der Waals surface area contributed by atoms with Gasteiger partial charge in [0.15, 0.2) is 0 Å². The third-order valence-electron chi connectivity index (χ3n) is 5.00. The Morgan fingerprint density at radius 1 is 1.10 bits per heavy atom. The number of halogens is 1. The monoisotopic (exact) mass is 421 g/mol. The Balaban J connectivity index is 1.73. The highest BCUT2D eigenvalue weighted by atomic mass is 35.5. The van der Waals surface area contributed by atoms with Crippen LogP contribution in [0.3, 0.4) is 0 Å². The van der Waals surface area contributed by atoms with Crippen LogP contribution in [-0.4, -0.2) is 25.5 Å². The number of nitrogens with one attached hydrogen (secondary N) is 1. The first-order valence-corrected chi connectivity index (χ1v) is 9.80. The first kappa shape index (κ1) is 19.8. The quantitative estimate of drug-likeness (QED) is 0.543. The number of carbonyl (C=O) groups is 1. The normalized spacial score (nSPS) is 11.1. The minimum Gasteiger partial charge on any atom is -0.324 e. The lowest BCUT2D eigenvalue weighted by molar-refractivity contribution is -0.117. The molecule has 30 heavy (non-hydrogen) atoms. The molecule has 2 aromatic carbocycles. The van der Waals surface area contributed by atoms with E-state index in [1.165, 1.54) is 0 Å². The van der Waals surface area contributed by atoms with Crippen molar-refractivity contribution in [2.24, 2.45) is 0 Å². The van der Waals surface area contributed by atoms with E-state index in [4.69, 9.17) is 11.6 Å². The van der Waals surface area contributed by atoms with Crippen molar-refractivity contribution in [1.29, 1.82) is 0 Å². The second kappa shape index (κ2) is 7.76. The van der Waals surface area contributed by atoms with Gasteiger partial charge in [-0.1, -0.05) is 23.7 Å². The number of fused-ring (bicyclic) bond motifs is 1. The maximum absolute atomic E-state index is 13.2. The Kier molecular flexibility index (Phi) is 5.13. The predicted molar refractivity (Wildman–Crippen MR) is 117 cm³/mol. The van der Waals surface area contributed by atoms with Gasteiger partial charge in [-0.2, -0.15) is 10.2 Å². The summed E-state index contributed by atoms with van der Waals surface area (Å²) >= 11 is 5.96. The third kappa shape index (κ3) is 3.71. The van der Waals surface area contributed by atoms with Crippen LogP contribution in [0, 0.1) is 20.8 Å². The van der Waals surface area contributed by atoms with Crippen LogP contribution in [0.25, 0.3) is 16.6 Å². The molecule has 0 saturated carbocycles. The van der Waals surface area contributed by atoms with Crippen LogP contribution in [0.15, 0.2) is 53.5 Å². The maximum atomic E-state index is 13.2. The second-order valence-corrected chi connectivity index (χ2v) is 7.63. The summed E-state index contributed by atoms with van der Waals surface area (Å²) in [5.41, 5.74) is 4.22. The van der Waals surface area contributed by atoms with Gasteiger partial charge in [0.2, 0.25) is 5.91 Å². The molecular formula is C22H20ClN5O2. The molecule has 0 aliphatic carbocycles. The molecule has 1 amide bonds. The zero-order valence-corrected chi connectivity index (χ0v) is 17.6. The Bertz CT molecular complexity index is 1340. The molecule has 1 N–H and O–H groups in total. The van der Waals surface area contributed by atoms with Gasteiger partial charge < -0.3 is 5.32 Å². The lowest BCUT2D eigenvalue weighted by Crippen LogP contribution is -2.31. The summed E-state index contributed by atoms with van der Waals surface area (Å²) in [6, 6.07) is 12.7. The van der Waals surface area contributed by atoms with Gasteiger partial charge in [0.25, 0.3) is 5.56 Å². The molecule has 0 spiro atoms. The van der Waals surface area contributed by atoms with E-state index in [2.05, 4.69) is 15.5 Å². The third-order valence-corrected chi connectivity index (χ3v) is 5.24. The average molecular weight is 422 g/mol. The van der Waals surface area contributed by atoms with Crippen LogP contribution in [0.5, 0.6) is 0 Å². The summed E-state index contributed by atoms with van der Waals surface area (Å²) in [5.74, 6) is -0.372. The van der Waals surface area contributed by atoms with E-state index < -0.39 is 0 Å². The summed E-state index contributed by atoms with van der Waals surface area (Å²) in [6.45, 7) is 5.61. The number of benzene rings is 2. The smallest absolute Gasteiger partial charge is 0.293 e. The number of carbonyl (C=O) groups excluding carboxylic acids is 1. The second-order valence-electron chi connectivity index (χ2n) is 7.19. The Morgan fingerprint density at radius 3 is 2.63 bits per heavy atom. The van der Waals surface area contributed by atoms with E-state index in [-0.39, 0.29) is 18.0 Å². The van der Waals surface area contributed by atoms with Crippen LogP contribution in [0.4, 0.5) is 5.69 Å².